The molecule has 0 saturated carbocycles. The average molecular weight is 177 g/mol. The fourth-order valence-corrected chi connectivity index (χ4v) is 0.750. The second kappa shape index (κ2) is 4.97. The smallest absolute Gasteiger partial charge is 0.251 e. The molecule has 0 amide bonds. The summed E-state index contributed by atoms with van der Waals surface area (Å²) in [6.07, 6.45) is 5.17. The van der Waals surface area contributed by atoms with Crippen molar-refractivity contribution < 1.29 is 0 Å². The number of nitrogens with zero attached hydrogens (tertiary/aromatic N) is 4. The molecule has 0 aromatic carbocycles. The summed E-state index contributed by atoms with van der Waals surface area (Å²) < 4.78 is 0. The topological polar surface area (TPSA) is 76.5 Å². The van der Waals surface area contributed by atoms with Crippen LogP contribution in [0.1, 0.15) is 13.3 Å². The Hall–Kier alpha value is -1.78. The monoisotopic (exact) mass is 177 g/mol. The van der Waals surface area contributed by atoms with Crippen molar-refractivity contribution in [3.8, 4) is 0 Å². The first-order chi connectivity index (χ1) is 6.36. The molecule has 5 heteroatoms. The van der Waals surface area contributed by atoms with Gasteiger partial charge in [-0.2, -0.15) is 4.99 Å². The molecule has 0 aliphatic heterocycles. The molecule has 0 radical (unpaired) electrons. The lowest BCUT2D eigenvalue weighted by atomic mass is 10.4. The van der Waals surface area contributed by atoms with Crippen LogP contribution in [-0.2, 0) is 0 Å². The summed E-state index contributed by atoms with van der Waals surface area (Å²) in [6.45, 7) is 1.94. The fourth-order valence-electron chi connectivity index (χ4n) is 0.750. The van der Waals surface area contributed by atoms with E-state index in [0.29, 0.717) is 18.2 Å². The van der Waals surface area contributed by atoms with E-state index in [4.69, 9.17) is 5.73 Å². The maximum atomic E-state index is 5.15. The Labute approximate surface area is 76.5 Å². The molecule has 2 N–H and O–H groups in total. The minimum absolute atomic E-state index is 0.407. The first-order valence-corrected chi connectivity index (χ1v) is 3.95. The van der Waals surface area contributed by atoms with Gasteiger partial charge >= 0.3 is 0 Å². The Morgan fingerprint density at radius 2 is 2.23 bits per heavy atom. The van der Waals surface area contributed by atoms with E-state index in [1.54, 1.807) is 18.5 Å². The summed E-state index contributed by atoms with van der Waals surface area (Å²) in [4.78, 5) is 15.8. The number of aromatic nitrogens is 2. The number of amidine groups is 1. The number of hydrogen-bond acceptors (Lipinski definition) is 3. The van der Waals surface area contributed by atoms with Crippen molar-refractivity contribution in [3.63, 3.8) is 0 Å². The average Bonchev–Trinajstić information content (AvgIpc) is 2.19. The molecule has 0 aliphatic carbocycles. The fraction of sp³-hybridized carbons (Fsp3) is 0.250. The Bertz CT molecular complexity index is 304. The molecule has 0 bridgehead atoms. The van der Waals surface area contributed by atoms with Gasteiger partial charge in [0.25, 0.3) is 5.95 Å². The zero-order valence-corrected chi connectivity index (χ0v) is 7.38. The Morgan fingerprint density at radius 1 is 1.54 bits per heavy atom. The highest BCUT2D eigenvalue weighted by Crippen LogP contribution is 2.02. The Balaban J connectivity index is 2.85. The zero-order chi connectivity index (χ0) is 9.52. The van der Waals surface area contributed by atoms with Crippen molar-refractivity contribution in [1.29, 1.82) is 0 Å². The molecule has 1 rings (SSSR count). The van der Waals surface area contributed by atoms with Crippen LogP contribution in [0.5, 0.6) is 0 Å². The van der Waals surface area contributed by atoms with Crippen molar-refractivity contribution >= 4 is 18.1 Å². The summed E-state index contributed by atoms with van der Waals surface area (Å²) in [5, 5.41) is 0. The molecular weight excluding hydrogens is 166 g/mol. The van der Waals surface area contributed by atoms with Gasteiger partial charge in [0.15, 0.2) is 0 Å². The second-order valence-corrected chi connectivity index (χ2v) is 2.21. The van der Waals surface area contributed by atoms with Crippen molar-refractivity contribution in [3.05, 3.63) is 18.5 Å². The van der Waals surface area contributed by atoms with Crippen LogP contribution >= 0.6 is 0 Å². The van der Waals surface area contributed by atoms with Crippen LogP contribution in [0.2, 0.25) is 0 Å². The highest BCUT2D eigenvalue weighted by atomic mass is 15.1. The molecule has 5 nitrogen and oxygen atoms in total. The summed E-state index contributed by atoms with van der Waals surface area (Å²) in [6, 6.07) is 1.73. The largest absolute Gasteiger partial charge is 0.390 e. The van der Waals surface area contributed by atoms with Gasteiger partial charge in [0.1, 0.15) is 5.84 Å². The van der Waals surface area contributed by atoms with E-state index in [1.165, 1.54) is 6.34 Å². The molecule has 0 saturated heterocycles. The minimum Gasteiger partial charge on any atom is -0.390 e. The van der Waals surface area contributed by atoms with Crippen molar-refractivity contribution in [2.24, 2.45) is 15.7 Å². The SMILES string of the molecule is CC/C(N=CN)=N\c1ncccn1. The molecule has 68 valence electrons. The van der Waals surface area contributed by atoms with E-state index in [-0.39, 0.29) is 0 Å². The van der Waals surface area contributed by atoms with Gasteiger partial charge in [-0.3, -0.25) is 0 Å². The molecular formula is C8H11N5. The Morgan fingerprint density at radius 3 is 2.77 bits per heavy atom. The minimum atomic E-state index is 0.407. The molecule has 0 unspecified atom stereocenters. The van der Waals surface area contributed by atoms with Crippen LogP contribution in [0.4, 0.5) is 5.95 Å². The van der Waals surface area contributed by atoms with Crippen molar-refractivity contribution in [1.82, 2.24) is 9.97 Å². The first-order valence-electron chi connectivity index (χ1n) is 3.95. The van der Waals surface area contributed by atoms with Crippen LogP contribution in [0.3, 0.4) is 0 Å². The normalized spacial score (nSPS) is 12.2. The van der Waals surface area contributed by atoms with Gasteiger partial charge in [-0.25, -0.2) is 15.0 Å². The van der Waals surface area contributed by atoms with Crippen molar-refractivity contribution in [2.75, 3.05) is 0 Å². The van der Waals surface area contributed by atoms with Gasteiger partial charge in [-0.1, -0.05) is 6.92 Å². The summed E-state index contributed by atoms with van der Waals surface area (Å²) in [7, 11) is 0. The van der Waals surface area contributed by atoms with Crippen molar-refractivity contribution in [2.45, 2.75) is 13.3 Å². The maximum absolute atomic E-state index is 5.15. The standard InChI is InChI=1S/C8H11N5/c1-2-7(12-6-9)13-8-10-4-3-5-11-8/h3-6H,2H2,1H3,(H2,9,10,11,12,13). The summed E-state index contributed by atoms with van der Waals surface area (Å²) in [5.74, 6) is 1.03. The molecule has 0 aliphatic rings. The second-order valence-electron chi connectivity index (χ2n) is 2.21. The van der Waals surface area contributed by atoms with Gasteiger partial charge in [-0.05, 0) is 6.07 Å². The quantitative estimate of drug-likeness (QED) is 0.538. The van der Waals surface area contributed by atoms with Crippen LogP contribution in [0.25, 0.3) is 0 Å². The third-order valence-electron chi connectivity index (χ3n) is 1.32. The van der Waals surface area contributed by atoms with Gasteiger partial charge < -0.3 is 5.73 Å². The number of rotatable bonds is 2. The molecule has 1 aromatic heterocycles. The van der Waals surface area contributed by atoms with Crippen LogP contribution in [-0.4, -0.2) is 22.1 Å². The zero-order valence-electron chi connectivity index (χ0n) is 7.38. The van der Waals surface area contributed by atoms with Crippen LogP contribution < -0.4 is 5.73 Å². The summed E-state index contributed by atoms with van der Waals surface area (Å²) >= 11 is 0. The third kappa shape index (κ3) is 2.98. The lowest BCUT2D eigenvalue weighted by Crippen LogP contribution is -1.97. The van der Waals surface area contributed by atoms with Crippen LogP contribution in [0, 0.1) is 0 Å². The predicted molar refractivity (Wildman–Crippen MR) is 52.1 cm³/mol. The lowest BCUT2D eigenvalue weighted by molar-refractivity contribution is 1.11. The van der Waals surface area contributed by atoms with Crippen LogP contribution in [0.15, 0.2) is 28.4 Å². The molecule has 0 spiro atoms. The molecule has 0 atom stereocenters. The van der Waals surface area contributed by atoms with Gasteiger partial charge in [0.2, 0.25) is 0 Å². The maximum Gasteiger partial charge on any atom is 0.251 e. The number of aliphatic imine (C=N–C) groups is 2. The highest BCUT2D eigenvalue weighted by Gasteiger charge is 1.93. The molecule has 1 aromatic rings. The predicted octanol–water partition coefficient (Wildman–Crippen LogP) is 0.904. The molecule has 0 fully saturated rings. The van der Waals surface area contributed by atoms with E-state index in [1.807, 2.05) is 6.92 Å². The number of nitrogens with two attached hydrogens (primary N) is 1. The van der Waals surface area contributed by atoms with E-state index in [9.17, 15) is 0 Å². The van der Waals surface area contributed by atoms with E-state index >= 15 is 0 Å². The van der Waals surface area contributed by atoms with Gasteiger partial charge in [0.05, 0.1) is 6.34 Å². The summed E-state index contributed by atoms with van der Waals surface area (Å²) in [5.41, 5.74) is 5.15. The lowest BCUT2D eigenvalue weighted by Gasteiger charge is -1.94. The van der Waals surface area contributed by atoms with E-state index < -0.39 is 0 Å². The van der Waals surface area contributed by atoms with E-state index in [2.05, 4.69) is 20.0 Å². The Kier molecular flexibility index (Phi) is 3.56. The third-order valence-corrected chi connectivity index (χ3v) is 1.32. The highest BCUT2D eigenvalue weighted by molar-refractivity contribution is 5.89. The molecule has 1 heterocycles. The van der Waals surface area contributed by atoms with E-state index in [0.717, 1.165) is 0 Å². The molecule has 13 heavy (non-hydrogen) atoms. The number of hydrogen-bond donors (Lipinski definition) is 1. The van der Waals surface area contributed by atoms with Gasteiger partial charge in [0, 0.05) is 18.8 Å². The van der Waals surface area contributed by atoms with Gasteiger partial charge in [-0.15, -0.1) is 0 Å². The first kappa shape index (κ1) is 9.31.